The second-order valence-corrected chi connectivity index (χ2v) is 7.34. The van der Waals surface area contributed by atoms with E-state index in [1.807, 2.05) is 13.0 Å². The van der Waals surface area contributed by atoms with Crippen LogP contribution in [0.2, 0.25) is 0 Å². The summed E-state index contributed by atoms with van der Waals surface area (Å²) < 4.78 is 13.9. The van der Waals surface area contributed by atoms with Gasteiger partial charge in [0.25, 0.3) is 0 Å². The zero-order valence-corrected chi connectivity index (χ0v) is 17.6. The molecule has 32 heavy (non-hydrogen) atoms. The molecule has 7 nitrogen and oxygen atoms in total. The standard InChI is InChI=1S/C24H21FN6O/c1-14-6-7-17(25)11-16(14)12-18(19-5-3-4-9-27-19)22(26)15(2)31-24-21-20(32)8-10-28-23(21)29-13-30-24/h3-13,15,26H,1-2H3,(H2,28,29,30,31,32)/b18-12-,26-22?. The van der Waals surface area contributed by atoms with Gasteiger partial charge in [-0.25, -0.2) is 14.4 Å². The smallest absolute Gasteiger partial charge is 0.194 e. The Morgan fingerprint density at radius 3 is 2.81 bits per heavy atom. The Balaban J connectivity index is 1.74. The predicted octanol–water partition coefficient (Wildman–Crippen LogP) is 4.22. The van der Waals surface area contributed by atoms with E-state index in [0.717, 1.165) is 5.56 Å². The summed E-state index contributed by atoms with van der Waals surface area (Å²) in [7, 11) is 0. The molecule has 0 radical (unpaired) electrons. The Hall–Kier alpha value is -4.20. The highest BCUT2D eigenvalue weighted by molar-refractivity contribution is 6.29. The van der Waals surface area contributed by atoms with E-state index in [1.54, 1.807) is 37.4 Å². The summed E-state index contributed by atoms with van der Waals surface area (Å²) in [5.74, 6) is -0.0250. The topological polar surface area (TPSA) is 107 Å². The largest absolute Gasteiger partial charge is 0.361 e. The number of aromatic amines is 1. The van der Waals surface area contributed by atoms with Crippen LogP contribution >= 0.6 is 0 Å². The number of anilines is 1. The highest BCUT2D eigenvalue weighted by Crippen LogP contribution is 2.23. The molecule has 3 heterocycles. The van der Waals surface area contributed by atoms with Gasteiger partial charge in [-0.05, 0) is 55.3 Å². The minimum absolute atomic E-state index is 0.214. The molecule has 0 bridgehead atoms. The first-order valence-electron chi connectivity index (χ1n) is 10.0. The number of halogens is 1. The van der Waals surface area contributed by atoms with Gasteiger partial charge >= 0.3 is 0 Å². The average molecular weight is 428 g/mol. The van der Waals surface area contributed by atoms with E-state index in [2.05, 4.69) is 25.3 Å². The molecule has 0 amide bonds. The lowest BCUT2D eigenvalue weighted by molar-refractivity contribution is 0.627. The zero-order chi connectivity index (χ0) is 22.7. The molecule has 0 aliphatic rings. The summed E-state index contributed by atoms with van der Waals surface area (Å²) in [4.78, 5) is 28.0. The number of fused-ring (bicyclic) bond motifs is 1. The summed E-state index contributed by atoms with van der Waals surface area (Å²) in [5.41, 5.74) is 3.05. The maximum atomic E-state index is 13.9. The SMILES string of the molecule is Cc1ccc(F)cc1/C=C(\C(=N)C(C)Nc1ncnc2[nH]ccc(=O)c12)c1ccccn1. The van der Waals surface area contributed by atoms with Gasteiger partial charge in [0, 0.05) is 24.0 Å². The van der Waals surface area contributed by atoms with Gasteiger partial charge < -0.3 is 15.7 Å². The van der Waals surface area contributed by atoms with Crippen LogP contribution in [0.4, 0.5) is 10.2 Å². The number of hydrogen-bond donors (Lipinski definition) is 3. The number of benzene rings is 1. The lowest BCUT2D eigenvalue weighted by atomic mass is 9.96. The van der Waals surface area contributed by atoms with Crippen LogP contribution in [-0.2, 0) is 0 Å². The van der Waals surface area contributed by atoms with Crippen molar-refractivity contribution in [2.75, 3.05) is 5.32 Å². The molecule has 0 saturated heterocycles. The number of pyridine rings is 2. The van der Waals surface area contributed by atoms with E-state index in [9.17, 15) is 9.18 Å². The van der Waals surface area contributed by atoms with Gasteiger partial charge in [0.05, 0.1) is 17.4 Å². The van der Waals surface area contributed by atoms with Crippen molar-refractivity contribution in [3.8, 4) is 0 Å². The van der Waals surface area contributed by atoms with Gasteiger partial charge in [-0.15, -0.1) is 0 Å². The maximum absolute atomic E-state index is 13.9. The van der Waals surface area contributed by atoms with Gasteiger partial charge in [0.2, 0.25) is 0 Å². The summed E-state index contributed by atoms with van der Waals surface area (Å²) >= 11 is 0. The third kappa shape index (κ3) is 4.29. The molecular weight excluding hydrogens is 407 g/mol. The van der Waals surface area contributed by atoms with Crippen LogP contribution in [0, 0.1) is 18.2 Å². The summed E-state index contributed by atoms with van der Waals surface area (Å²) in [6.45, 7) is 3.68. The Labute approximate surface area is 183 Å². The molecule has 0 spiro atoms. The van der Waals surface area contributed by atoms with Crippen LogP contribution in [0.25, 0.3) is 22.7 Å². The minimum atomic E-state index is -0.533. The van der Waals surface area contributed by atoms with Crippen molar-refractivity contribution in [3.63, 3.8) is 0 Å². The van der Waals surface area contributed by atoms with E-state index >= 15 is 0 Å². The first-order valence-corrected chi connectivity index (χ1v) is 10.0. The van der Waals surface area contributed by atoms with Crippen molar-refractivity contribution in [2.24, 2.45) is 0 Å². The number of aryl methyl sites for hydroxylation is 1. The van der Waals surface area contributed by atoms with Gasteiger partial charge in [0.15, 0.2) is 5.43 Å². The second kappa shape index (κ2) is 8.89. The molecule has 160 valence electrons. The first kappa shape index (κ1) is 21.0. The summed E-state index contributed by atoms with van der Waals surface area (Å²) in [6.07, 6.45) is 6.27. The zero-order valence-electron chi connectivity index (χ0n) is 17.6. The normalized spacial score (nSPS) is 12.5. The number of hydrogen-bond acceptors (Lipinski definition) is 6. The van der Waals surface area contributed by atoms with Crippen LogP contribution < -0.4 is 10.7 Å². The fourth-order valence-electron chi connectivity index (χ4n) is 3.36. The molecule has 4 rings (SSSR count). The highest BCUT2D eigenvalue weighted by Gasteiger charge is 2.19. The molecule has 1 aromatic carbocycles. The maximum Gasteiger partial charge on any atom is 0.194 e. The van der Waals surface area contributed by atoms with Gasteiger partial charge in [-0.1, -0.05) is 12.1 Å². The van der Waals surface area contributed by atoms with Crippen LogP contribution in [0.5, 0.6) is 0 Å². The van der Waals surface area contributed by atoms with E-state index in [-0.39, 0.29) is 17.0 Å². The lowest BCUT2D eigenvalue weighted by Gasteiger charge is -2.19. The monoisotopic (exact) mass is 428 g/mol. The lowest BCUT2D eigenvalue weighted by Crippen LogP contribution is -2.28. The van der Waals surface area contributed by atoms with E-state index in [0.29, 0.717) is 33.7 Å². The number of H-pyrrole nitrogens is 1. The van der Waals surface area contributed by atoms with Gasteiger partial charge in [0.1, 0.15) is 29.0 Å². The Morgan fingerprint density at radius 1 is 1.19 bits per heavy atom. The average Bonchev–Trinajstić information content (AvgIpc) is 2.80. The molecule has 0 saturated carbocycles. The molecule has 4 aromatic rings. The molecule has 0 aliphatic heterocycles. The molecule has 1 atom stereocenters. The third-order valence-corrected chi connectivity index (χ3v) is 5.11. The summed E-state index contributed by atoms with van der Waals surface area (Å²) in [5, 5.41) is 12.3. The first-order chi connectivity index (χ1) is 15.4. The Kier molecular flexibility index (Phi) is 5.85. The van der Waals surface area contributed by atoms with Crippen LogP contribution in [-0.4, -0.2) is 31.7 Å². The number of nitrogens with zero attached hydrogens (tertiary/aromatic N) is 3. The fourth-order valence-corrected chi connectivity index (χ4v) is 3.36. The Bertz CT molecular complexity index is 1380. The number of aromatic nitrogens is 4. The van der Waals surface area contributed by atoms with Crippen LogP contribution in [0.3, 0.4) is 0 Å². The molecule has 3 aromatic heterocycles. The van der Waals surface area contributed by atoms with Crippen molar-refractivity contribution in [1.82, 2.24) is 19.9 Å². The van der Waals surface area contributed by atoms with Crippen molar-refractivity contribution in [1.29, 1.82) is 5.41 Å². The minimum Gasteiger partial charge on any atom is -0.361 e. The highest BCUT2D eigenvalue weighted by atomic mass is 19.1. The van der Waals surface area contributed by atoms with E-state index < -0.39 is 6.04 Å². The fraction of sp³-hybridized carbons (Fsp3) is 0.125. The van der Waals surface area contributed by atoms with Gasteiger partial charge in [-0.3, -0.25) is 9.78 Å². The molecule has 0 fully saturated rings. The van der Waals surface area contributed by atoms with E-state index in [4.69, 9.17) is 5.41 Å². The second-order valence-electron chi connectivity index (χ2n) is 7.34. The summed E-state index contributed by atoms with van der Waals surface area (Å²) in [6, 6.07) is 10.8. The van der Waals surface area contributed by atoms with Crippen molar-refractivity contribution < 1.29 is 4.39 Å². The van der Waals surface area contributed by atoms with Crippen molar-refractivity contribution in [3.05, 3.63) is 94.0 Å². The predicted molar refractivity (Wildman–Crippen MR) is 124 cm³/mol. The van der Waals surface area contributed by atoms with Gasteiger partial charge in [-0.2, -0.15) is 0 Å². The molecule has 3 N–H and O–H groups in total. The number of rotatable bonds is 6. The third-order valence-electron chi connectivity index (χ3n) is 5.11. The van der Waals surface area contributed by atoms with Crippen molar-refractivity contribution >= 4 is 34.2 Å². The van der Waals surface area contributed by atoms with E-state index in [1.165, 1.54) is 30.7 Å². The van der Waals surface area contributed by atoms with Crippen LogP contribution in [0.15, 0.2) is 66.0 Å². The molecule has 1 unspecified atom stereocenters. The molecule has 0 aliphatic carbocycles. The molecular formula is C24H21FN6O. The quantitative estimate of drug-likeness (QED) is 0.399. The van der Waals surface area contributed by atoms with Crippen LogP contribution in [0.1, 0.15) is 23.7 Å². The van der Waals surface area contributed by atoms with Crippen molar-refractivity contribution in [2.45, 2.75) is 19.9 Å². The molecule has 8 heteroatoms. The Morgan fingerprint density at radius 2 is 2.03 bits per heavy atom. The number of nitrogens with one attached hydrogen (secondary N) is 3.